The van der Waals surface area contributed by atoms with E-state index >= 15 is 0 Å². The lowest BCUT2D eigenvalue weighted by Gasteiger charge is -2.10. The second-order valence-electron chi connectivity index (χ2n) is 4.42. The van der Waals surface area contributed by atoms with Crippen LogP contribution < -0.4 is 10.5 Å². The SMILES string of the molecule is Cc1cc(C(N)=S)ccc1S(=O)(=O)NCCc1ncn[nH]1. The number of nitrogens with zero attached hydrogens (tertiary/aromatic N) is 2. The molecule has 112 valence electrons. The molecule has 7 nitrogen and oxygen atoms in total. The van der Waals surface area contributed by atoms with Crippen LogP contribution in [0.5, 0.6) is 0 Å². The van der Waals surface area contributed by atoms with Gasteiger partial charge in [-0.25, -0.2) is 18.1 Å². The third-order valence-electron chi connectivity index (χ3n) is 2.87. The molecule has 1 heterocycles. The fourth-order valence-electron chi connectivity index (χ4n) is 1.84. The highest BCUT2D eigenvalue weighted by molar-refractivity contribution is 7.89. The minimum Gasteiger partial charge on any atom is -0.389 e. The Morgan fingerprint density at radius 2 is 2.24 bits per heavy atom. The maximum atomic E-state index is 12.2. The maximum Gasteiger partial charge on any atom is 0.240 e. The van der Waals surface area contributed by atoms with E-state index in [1.165, 1.54) is 12.4 Å². The molecule has 0 aliphatic rings. The van der Waals surface area contributed by atoms with Gasteiger partial charge in [-0.1, -0.05) is 18.3 Å². The van der Waals surface area contributed by atoms with Crippen molar-refractivity contribution in [2.24, 2.45) is 5.73 Å². The van der Waals surface area contributed by atoms with Gasteiger partial charge >= 0.3 is 0 Å². The fourth-order valence-corrected chi connectivity index (χ4v) is 3.22. The van der Waals surface area contributed by atoms with E-state index in [4.69, 9.17) is 18.0 Å². The van der Waals surface area contributed by atoms with Crippen LogP contribution in [0.2, 0.25) is 0 Å². The molecule has 2 rings (SSSR count). The molecule has 0 fully saturated rings. The number of thiocarbonyl (C=S) groups is 1. The summed E-state index contributed by atoms with van der Waals surface area (Å²) in [5, 5.41) is 6.37. The first-order chi connectivity index (χ1) is 9.90. The van der Waals surface area contributed by atoms with Gasteiger partial charge in [0.1, 0.15) is 17.1 Å². The fraction of sp³-hybridized carbons (Fsp3) is 0.250. The molecule has 0 aliphatic carbocycles. The van der Waals surface area contributed by atoms with Gasteiger partial charge in [-0.15, -0.1) is 0 Å². The maximum absolute atomic E-state index is 12.2. The Kier molecular flexibility index (Phi) is 4.66. The van der Waals surface area contributed by atoms with Crippen molar-refractivity contribution in [3.63, 3.8) is 0 Å². The number of aromatic amines is 1. The third-order valence-corrected chi connectivity index (χ3v) is 4.72. The molecule has 0 unspecified atom stereocenters. The normalized spacial score (nSPS) is 11.5. The predicted octanol–water partition coefficient (Wildman–Crippen LogP) is 0.268. The highest BCUT2D eigenvalue weighted by Crippen LogP contribution is 2.16. The Labute approximate surface area is 128 Å². The Morgan fingerprint density at radius 3 is 2.81 bits per heavy atom. The summed E-state index contributed by atoms with van der Waals surface area (Å²) in [6.45, 7) is 1.93. The zero-order valence-corrected chi connectivity index (χ0v) is 13.0. The monoisotopic (exact) mass is 325 g/mol. The van der Waals surface area contributed by atoms with Crippen molar-refractivity contribution in [1.82, 2.24) is 19.9 Å². The molecule has 0 bridgehead atoms. The summed E-state index contributed by atoms with van der Waals surface area (Å²) in [5.41, 5.74) is 6.76. The third kappa shape index (κ3) is 3.84. The van der Waals surface area contributed by atoms with E-state index in [1.807, 2.05) is 0 Å². The van der Waals surface area contributed by atoms with Gasteiger partial charge in [-0.05, 0) is 24.6 Å². The van der Waals surface area contributed by atoms with Gasteiger partial charge in [0.15, 0.2) is 0 Å². The first-order valence-corrected chi connectivity index (χ1v) is 8.03. The van der Waals surface area contributed by atoms with Gasteiger partial charge in [-0.3, -0.25) is 5.10 Å². The van der Waals surface area contributed by atoms with Crippen molar-refractivity contribution in [3.05, 3.63) is 41.5 Å². The molecule has 1 aromatic heterocycles. The van der Waals surface area contributed by atoms with Crippen molar-refractivity contribution in [1.29, 1.82) is 0 Å². The van der Waals surface area contributed by atoms with Gasteiger partial charge in [0.25, 0.3) is 0 Å². The summed E-state index contributed by atoms with van der Waals surface area (Å²) in [5.74, 6) is 0.623. The van der Waals surface area contributed by atoms with E-state index in [9.17, 15) is 8.42 Å². The number of hydrogen-bond acceptors (Lipinski definition) is 5. The summed E-state index contributed by atoms with van der Waals surface area (Å²) < 4.78 is 27.0. The van der Waals surface area contributed by atoms with E-state index in [0.29, 0.717) is 23.4 Å². The second-order valence-corrected chi connectivity index (χ2v) is 6.60. The number of nitrogens with one attached hydrogen (secondary N) is 2. The topological polar surface area (TPSA) is 114 Å². The van der Waals surface area contributed by atoms with Crippen LogP contribution in [0.3, 0.4) is 0 Å². The van der Waals surface area contributed by atoms with Crippen LogP contribution in [0.1, 0.15) is 17.0 Å². The number of aryl methyl sites for hydroxylation is 1. The highest BCUT2D eigenvalue weighted by Gasteiger charge is 2.17. The van der Waals surface area contributed by atoms with Gasteiger partial charge in [0.05, 0.1) is 4.90 Å². The predicted molar refractivity (Wildman–Crippen MR) is 82.3 cm³/mol. The van der Waals surface area contributed by atoms with Crippen molar-refractivity contribution in [3.8, 4) is 0 Å². The Balaban J connectivity index is 2.10. The quantitative estimate of drug-likeness (QED) is 0.657. The molecule has 0 aliphatic heterocycles. The smallest absolute Gasteiger partial charge is 0.240 e. The molecule has 0 amide bonds. The molecule has 21 heavy (non-hydrogen) atoms. The molecule has 4 N–H and O–H groups in total. The van der Waals surface area contributed by atoms with E-state index in [-0.39, 0.29) is 16.4 Å². The summed E-state index contributed by atoms with van der Waals surface area (Å²) in [7, 11) is -3.58. The highest BCUT2D eigenvalue weighted by atomic mass is 32.2. The summed E-state index contributed by atoms with van der Waals surface area (Å²) >= 11 is 4.87. The Bertz CT molecular complexity index is 741. The van der Waals surface area contributed by atoms with Crippen LogP contribution >= 0.6 is 12.2 Å². The molecule has 0 saturated carbocycles. The van der Waals surface area contributed by atoms with Gasteiger partial charge in [0, 0.05) is 18.5 Å². The van der Waals surface area contributed by atoms with Crippen LogP contribution in [-0.4, -0.2) is 35.1 Å². The lowest BCUT2D eigenvalue weighted by atomic mass is 10.1. The summed E-state index contributed by atoms with van der Waals surface area (Å²) in [6.07, 6.45) is 1.81. The average molecular weight is 325 g/mol. The van der Waals surface area contributed by atoms with E-state index in [0.717, 1.165) is 0 Å². The summed E-state index contributed by atoms with van der Waals surface area (Å²) in [6, 6.07) is 4.76. The number of hydrogen-bond donors (Lipinski definition) is 3. The van der Waals surface area contributed by atoms with Crippen molar-refractivity contribution >= 4 is 27.2 Å². The molecule has 2 aromatic rings. The Hall–Kier alpha value is -1.84. The van der Waals surface area contributed by atoms with Crippen LogP contribution in [0.15, 0.2) is 29.4 Å². The lowest BCUT2D eigenvalue weighted by Crippen LogP contribution is -2.27. The van der Waals surface area contributed by atoms with Gasteiger partial charge < -0.3 is 5.73 Å². The molecule has 9 heteroatoms. The molecular weight excluding hydrogens is 310 g/mol. The largest absolute Gasteiger partial charge is 0.389 e. The van der Waals surface area contributed by atoms with Gasteiger partial charge in [0.2, 0.25) is 10.0 Å². The Morgan fingerprint density at radius 1 is 1.48 bits per heavy atom. The van der Waals surface area contributed by atoms with Gasteiger partial charge in [-0.2, -0.15) is 5.10 Å². The standard InChI is InChI=1S/C12H15N5O2S2/c1-8-6-9(12(13)20)2-3-10(8)21(18,19)16-5-4-11-14-7-15-17-11/h2-3,6-7,16H,4-5H2,1H3,(H2,13,20)(H,14,15,17). The van der Waals surface area contributed by atoms with E-state index < -0.39 is 10.0 Å². The molecule has 0 spiro atoms. The molecule has 0 atom stereocenters. The first-order valence-electron chi connectivity index (χ1n) is 6.14. The number of benzene rings is 1. The molecule has 0 saturated heterocycles. The van der Waals surface area contributed by atoms with E-state index in [2.05, 4.69) is 19.9 Å². The number of aromatic nitrogens is 3. The minimum absolute atomic E-state index is 0.208. The number of H-pyrrole nitrogens is 1. The molecular formula is C12H15N5O2S2. The minimum atomic E-state index is -3.58. The van der Waals surface area contributed by atoms with Crippen LogP contribution in [-0.2, 0) is 16.4 Å². The number of rotatable bonds is 6. The van der Waals surface area contributed by atoms with Crippen molar-refractivity contribution in [2.75, 3.05) is 6.54 Å². The molecule has 1 aromatic carbocycles. The number of nitrogens with two attached hydrogens (primary N) is 1. The van der Waals surface area contributed by atoms with Crippen LogP contribution in [0, 0.1) is 6.92 Å². The first kappa shape index (κ1) is 15.5. The van der Waals surface area contributed by atoms with E-state index in [1.54, 1.807) is 19.1 Å². The molecule has 0 radical (unpaired) electrons. The van der Waals surface area contributed by atoms with Crippen LogP contribution in [0.25, 0.3) is 0 Å². The second kappa shape index (κ2) is 6.29. The zero-order valence-electron chi connectivity index (χ0n) is 11.3. The lowest BCUT2D eigenvalue weighted by molar-refractivity contribution is 0.580. The number of sulfonamides is 1. The average Bonchev–Trinajstić information content (AvgIpc) is 2.91. The zero-order chi connectivity index (χ0) is 15.5. The van der Waals surface area contributed by atoms with Crippen LogP contribution in [0.4, 0.5) is 0 Å². The summed E-state index contributed by atoms with van der Waals surface area (Å²) in [4.78, 5) is 4.37. The van der Waals surface area contributed by atoms with Crippen molar-refractivity contribution in [2.45, 2.75) is 18.2 Å². The van der Waals surface area contributed by atoms with Crippen molar-refractivity contribution < 1.29 is 8.42 Å².